The number of likely N-dealkylation sites (N-methyl/N-ethyl adjacent to an activating group) is 1. The lowest BCUT2D eigenvalue weighted by molar-refractivity contribution is -0.120. The zero-order valence-corrected chi connectivity index (χ0v) is 8.18. The first kappa shape index (κ1) is 10.5. The van der Waals surface area contributed by atoms with Gasteiger partial charge < -0.3 is 16.4 Å². The molecule has 0 aromatic rings. The molecule has 0 radical (unpaired) electrons. The summed E-state index contributed by atoms with van der Waals surface area (Å²) < 4.78 is 0. The van der Waals surface area contributed by atoms with Crippen molar-refractivity contribution in [1.82, 2.24) is 10.6 Å². The fourth-order valence-corrected chi connectivity index (χ4v) is 1.79. The van der Waals surface area contributed by atoms with Gasteiger partial charge in [0.25, 0.3) is 0 Å². The summed E-state index contributed by atoms with van der Waals surface area (Å²) in [6.07, 6.45) is 4.47. The predicted octanol–water partition coefficient (Wildman–Crippen LogP) is -0.408. The average molecular weight is 185 g/mol. The highest BCUT2D eigenvalue weighted by molar-refractivity contribution is 5.79. The van der Waals surface area contributed by atoms with Crippen molar-refractivity contribution in [2.75, 3.05) is 13.6 Å². The normalized spacial score (nSPS) is 25.5. The molecule has 1 fully saturated rings. The Labute approximate surface area is 79.3 Å². The summed E-state index contributed by atoms with van der Waals surface area (Å²) in [7, 11) is 1.78. The Hall–Kier alpha value is -0.610. The number of nitrogens with two attached hydrogens (primary N) is 1. The van der Waals surface area contributed by atoms with Crippen molar-refractivity contribution in [2.24, 2.45) is 5.73 Å². The number of rotatable bonds is 4. The molecule has 0 saturated carbocycles. The number of piperidine rings is 1. The van der Waals surface area contributed by atoms with Crippen molar-refractivity contribution < 1.29 is 4.79 Å². The van der Waals surface area contributed by atoms with E-state index in [1.165, 1.54) is 12.8 Å². The summed E-state index contributed by atoms with van der Waals surface area (Å²) >= 11 is 0. The second-order valence-electron chi connectivity index (χ2n) is 3.63. The molecule has 13 heavy (non-hydrogen) atoms. The number of hydrogen-bond donors (Lipinski definition) is 3. The van der Waals surface area contributed by atoms with Crippen LogP contribution in [0.1, 0.15) is 25.7 Å². The molecular weight excluding hydrogens is 166 g/mol. The molecular formula is C9H19N3O. The third-order valence-electron chi connectivity index (χ3n) is 2.62. The van der Waals surface area contributed by atoms with E-state index >= 15 is 0 Å². The van der Waals surface area contributed by atoms with E-state index in [1.807, 2.05) is 0 Å². The van der Waals surface area contributed by atoms with Gasteiger partial charge in [-0.1, -0.05) is 6.42 Å². The van der Waals surface area contributed by atoms with E-state index in [9.17, 15) is 4.79 Å². The Morgan fingerprint density at radius 1 is 1.69 bits per heavy atom. The van der Waals surface area contributed by atoms with Gasteiger partial charge in [0.1, 0.15) is 0 Å². The first-order chi connectivity index (χ1) is 6.24. The highest BCUT2D eigenvalue weighted by atomic mass is 16.1. The van der Waals surface area contributed by atoms with Crippen LogP contribution in [0, 0.1) is 0 Å². The molecule has 0 aromatic carbocycles. The first-order valence-electron chi connectivity index (χ1n) is 4.94. The number of hydrogen-bond acceptors (Lipinski definition) is 3. The molecule has 2 unspecified atom stereocenters. The summed E-state index contributed by atoms with van der Waals surface area (Å²) in [5, 5.41) is 6.33. The minimum Gasteiger partial charge on any atom is -0.368 e. The Balaban J connectivity index is 2.31. The first-order valence-corrected chi connectivity index (χ1v) is 4.94. The molecule has 0 aromatic heterocycles. The lowest BCUT2D eigenvalue weighted by Crippen LogP contribution is -2.46. The van der Waals surface area contributed by atoms with Gasteiger partial charge >= 0.3 is 0 Å². The van der Waals surface area contributed by atoms with Gasteiger partial charge in [-0.05, 0) is 32.9 Å². The van der Waals surface area contributed by atoms with Gasteiger partial charge in [-0.15, -0.1) is 0 Å². The quantitative estimate of drug-likeness (QED) is 0.558. The van der Waals surface area contributed by atoms with Gasteiger partial charge in [0.2, 0.25) is 5.91 Å². The van der Waals surface area contributed by atoms with Crippen LogP contribution in [0.5, 0.6) is 0 Å². The van der Waals surface area contributed by atoms with Crippen molar-refractivity contribution in [3.63, 3.8) is 0 Å². The molecule has 0 aliphatic carbocycles. The zero-order chi connectivity index (χ0) is 9.68. The third kappa shape index (κ3) is 3.32. The Morgan fingerprint density at radius 3 is 2.92 bits per heavy atom. The molecule has 1 heterocycles. The van der Waals surface area contributed by atoms with E-state index in [-0.39, 0.29) is 11.9 Å². The fraction of sp³-hybridized carbons (Fsp3) is 0.889. The summed E-state index contributed by atoms with van der Waals surface area (Å²) in [4.78, 5) is 10.9. The molecule has 4 heteroatoms. The minimum absolute atomic E-state index is 0.185. The van der Waals surface area contributed by atoms with E-state index in [4.69, 9.17) is 5.73 Å². The number of carbonyl (C=O) groups excluding carboxylic acids is 1. The summed E-state index contributed by atoms with van der Waals surface area (Å²) in [5.41, 5.74) is 5.24. The van der Waals surface area contributed by atoms with Crippen LogP contribution >= 0.6 is 0 Å². The lowest BCUT2D eigenvalue weighted by atomic mass is 9.98. The van der Waals surface area contributed by atoms with Crippen molar-refractivity contribution in [3.05, 3.63) is 0 Å². The Kier molecular flexibility index (Phi) is 4.18. The molecule has 1 rings (SSSR count). The van der Waals surface area contributed by atoms with Crippen LogP contribution in [0.2, 0.25) is 0 Å². The van der Waals surface area contributed by atoms with Gasteiger partial charge in [-0.3, -0.25) is 4.79 Å². The van der Waals surface area contributed by atoms with Crippen molar-refractivity contribution in [3.8, 4) is 0 Å². The van der Waals surface area contributed by atoms with E-state index < -0.39 is 0 Å². The molecule has 1 amide bonds. The molecule has 0 spiro atoms. The number of amides is 1. The van der Waals surface area contributed by atoms with Crippen LogP contribution in [0.4, 0.5) is 0 Å². The Bertz CT molecular complexity index is 166. The van der Waals surface area contributed by atoms with Crippen LogP contribution in [0.3, 0.4) is 0 Å². The highest BCUT2D eigenvalue weighted by Gasteiger charge is 2.20. The maximum Gasteiger partial charge on any atom is 0.234 e. The largest absolute Gasteiger partial charge is 0.368 e. The standard InChI is InChI=1S/C9H19N3O/c1-11-8(9(10)13)6-7-4-2-3-5-12-7/h7-8,11-12H,2-6H2,1H3,(H2,10,13). The van der Waals surface area contributed by atoms with E-state index in [0.29, 0.717) is 6.04 Å². The molecule has 1 saturated heterocycles. The van der Waals surface area contributed by atoms with Crippen LogP contribution in [0.15, 0.2) is 0 Å². The number of carbonyl (C=O) groups is 1. The van der Waals surface area contributed by atoms with E-state index in [1.54, 1.807) is 7.05 Å². The van der Waals surface area contributed by atoms with Crippen LogP contribution in [-0.4, -0.2) is 31.6 Å². The molecule has 4 nitrogen and oxygen atoms in total. The van der Waals surface area contributed by atoms with Crippen LogP contribution in [0.25, 0.3) is 0 Å². The third-order valence-corrected chi connectivity index (χ3v) is 2.62. The van der Waals surface area contributed by atoms with Crippen molar-refractivity contribution in [1.29, 1.82) is 0 Å². The molecule has 1 aliphatic rings. The second-order valence-corrected chi connectivity index (χ2v) is 3.63. The SMILES string of the molecule is CNC(CC1CCCCN1)C(N)=O. The van der Waals surface area contributed by atoms with Gasteiger partial charge in [-0.25, -0.2) is 0 Å². The predicted molar refractivity (Wildman–Crippen MR) is 52.3 cm³/mol. The van der Waals surface area contributed by atoms with Gasteiger partial charge in [0.15, 0.2) is 0 Å². The van der Waals surface area contributed by atoms with Crippen LogP contribution in [-0.2, 0) is 4.79 Å². The fourth-order valence-electron chi connectivity index (χ4n) is 1.79. The smallest absolute Gasteiger partial charge is 0.234 e. The monoisotopic (exact) mass is 185 g/mol. The number of primary amides is 1. The molecule has 1 aliphatic heterocycles. The maximum atomic E-state index is 10.9. The minimum atomic E-state index is -0.255. The van der Waals surface area contributed by atoms with Crippen molar-refractivity contribution >= 4 is 5.91 Å². The highest BCUT2D eigenvalue weighted by Crippen LogP contribution is 2.11. The maximum absolute atomic E-state index is 10.9. The Morgan fingerprint density at radius 2 is 2.46 bits per heavy atom. The van der Waals surface area contributed by atoms with E-state index in [0.717, 1.165) is 19.4 Å². The van der Waals surface area contributed by atoms with Gasteiger partial charge in [0.05, 0.1) is 6.04 Å². The van der Waals surface area contributed by atoms with Gasteiger partial charge in [-0.2, -0.15) is 0 Å². The summed E-state index contributed by atoms with van der Waals surface area (Å²) in [6, 6.07) is 0.272. The van der Waals surface area contributed by atoms with Crippen LogP contribution < -0.4 is 16.4 Å². The average Bonchev–Trinajstić information content (AvgIpc) is 2.15. The van der Waals surface area contributed by atoms with Crippen molar-refractivity contribution in [2.45, 2.75) is 37.8 Å². The summed E-state index contributed by atoms with van der Waals surface area (Å²) in [5.74, 6) is -0.255. The number of nitrogens with one attached hydrogen (secondary N) is 2. The molecule has 76 valence electrons. The lowest BCUT2D eigenvalue weighted by Gasteiger charge is -2.26. The molecule has 2 atom stereocenters. The topological polar surface area (TPSA) is 67.2 Å². The zero-order valence-electron chi connectivity index (χ0n) is 8.18. The summed E-state index contributed by atoms with van der Waals surface area (Å²) in [6.45, 7) is 1.07. The second kappa shape index (κ2) is 5.19. The van der Waals surface area contributed by atoms with E-state index in [2.05, 4.69) is 10.6 Å². The molecule has 0 bridgehead atoms. The van der Waals surface area contributed by atoms with Gasteiger partial charge in [0, 0.05) is 6.04 Å². The molecule has 4 N–H and O–H groups in total.